The SMILES string of the molecule is CC1(C)C[C@H]2[C@@H]3CC=C4CC5(CC[C@]4(C)[C@H]3CC[C@]2(C)C1=O)OCCO5. The van der Waals surface area contributed by atoms with Gasteiger partial charge in [-0.1, -0.05) is 39.3 Å². The van der Waals surface area contributed by atoms with Crippen LogP contribution < -0.4 is 0 Å². The summed E-state index contributed by atoms with van der Waals surface area (Å²) in [7, 11) is 0. The van der Waals surface area contributed by atoms with Crippen LogP contribution in [0.2, 0.25) is 0 Å². The summed E-state index contributed by atoms with van der Waals surface area (Å²) in [5, 5.41) is 0. The highest BCUT2D eigenvalue weighted by atomic mass is 16.7. The van der Waals surface area contributed by atoms with Gasteiger partial charge in [-0.15, -0.1) is 0 Å². The summed E-state index contributed by atoms with van der Waals surface area (Å²) in [5.74, 6) is 2.16. The van der Waals surface area contributed by atoms with Crippen LogP contribution in [0.25, 0.3) is 0 Å². The summed E-state index contributed by atoms with van der Waals surface area (Å²) < 4.78 is 12.1. The lowest BCUT2D eigenvalue weighted by atomic mass is 9.48. The van der Waals surface area contributed by atoms with Crippen molar-refractivity contribution in [1.29, 1.82) is 0 Å². The van der Waals surface area contributed by atoms with Gasteiger partial charge in [0.15, 0.2) is 5.79 Å². The fourth-order valence-electron chi connectivity index (χ4n) is 7.74. The van der Waals surface area contributed by atoms with E-state index in [1.54, 1.807) is 5.57 Å². The van der Waals surface area contributed by atoms with E-state index >= 15 is 0 Å². The average Bonchev–Trinajstić information content (AvgIpc) is 3.12. The molecule has 5 aliphatic rings. The van der Waals surface area contributed by atoms with Crippen molar-refractivity contribution in [3.8, 4) is 0 Å². The molecule has 0 aromatic rings. The van der Waals surface area contributed by atoms with Gasteiger partial charge in [0.05, 0.1) is 13.2 Å². The van der Waals surface area contributed by atoms with E-state index in [9.17, 15) is 4.79 Å². The molecule has 1 saturated heterocycles. The Labute approximate surface area is 157 Å². The Morgan fingerprint density at radius 2 is 1.69 bits per heavy atom. The van der Waals surface area contributed by atoms with Crippen molar-refractivity contribution in [2.45, 2.75) is 78.4 Å². The van der Waals surface area contributed by atoms with E-state index in [-0.39, 0.29) is 22.0 Å². The van der Waals surface area contributed by atoms with E-state index in [2.05, 4.69) is 33.8 Å². The second-order valence-electron chi connectivity index (χ2n) is 10.9. The van der Waals surface area contributed by atoms with E-state index in [0.29, 0.717) is 17.6 Å². The highest BCUT2D eigenvalue weighted by Crippen LogP contribution is 2.67. The number of hydrogen-bond donors (Lipinski definition) is 0. The Hall–Kier alpha value is -0.670. The van der Waals surface area contributed by atoms with Crippen LogP contribution in [0.15, 0.2) is 11.6 Å². The first kappa shape index (κ1) is 17.4. The smallest absolute Gasteiger partial charge is 0.172 e. The van der Waals surface area contributed by atoms with Gasteiger partial charge >= 0.3 is 0 Å². The zero-order valence-electron chi connectivity index (χ0n) is 16.9. The van der Waals surface area contributed by atoms with Gasteiger partial charge in [-0.25, -0.2) is 0 Å². The summed E-state index contributed by atoms with van der Waals surface area (Å²) in [4.78, 5) is 13.1. The van der Waals surface area contributed by atoms with E-state index < -0.39 is 0 Å². The first-order valence-electron chi connectivity index (χ1n) is 10.7. The quantitative estimate of drug-likeness (QED) is 0.578. The van der Waals surface area contributed by atoms with Crippen molar-refractivity contribution in [1.82, 2.24) is 0 Å². The summed E-state index contributed by atoms with van der Waals surface area (Å²) in [5.41, 5.74) is 1.64. The normalized spacial score (nSPS) is 48.7. The summed E-state index contributed by atoms with van der Waals surface area (Å²) >= 11 is 0. The van der Waals surface area contributed by atoms with Gasteiger partial charge in [0.2, 0.25) is 0 Å². The number of Topliss-reactive ketones (excluding diaryl/α,β-unsaturated/α-hetero) is 1. The van der Waals surface area contributed by atoms with Gasteiger partial charge < -0.3 is 9.47 Å². The van der Waals surface area contributed by atoms with E-state index in [0.717, 1.165) is 51.2 Å². The van der Waals surface area contributed by atoms with Crippen LogP contribution in [-0.2, 0) is 14.3 Å². The first-order valence-corrected chi connectivity index (χ1v) is 10.7. The molecule has 26 heavy (non-hydrogen) atoms. The minimum Gasteiger partial charge on any atom is -0.347 e. The van der Waals surface area contributed by atoms with Crippen molar-refractivity contribution in [2.75, 3.05) is 13.2 Å². The molecule has 0 aromatic carbocycles. The third-order valence-electron chi connectivity index (χ3n) is 9.18. The fourth-order valence-corrected chi connectivity index (χ4v) is 7.74. The van der Waals surface area contributed by atoms with Crippen LogP contribution in [-0.4, -0.2) is 24.8 Å². The number of carbonyl (C=O) groups excluding carboxylic acids is 1. The van der Waals surface area contributed by atoms with E-state index in [4.69, 9.17) is 9.47 Å². The van der Waals surface area contributed by atoms with Gasteiger partial charge in [0.25, 0.3) is 0 Å². The van der Waals surface area contributed by atoms with Crippen molar-refractivity contribution in [2.24, 2.45) is 34.0 Å². The maximum absolute atomic E-state index is 13.1. The predicted molar refractivity (Wildman–Crippen MR) is 101 cm³/mol. The van der Waals surface area contributed by atoms with Crippen molar-refractivity contribution >= 4 is 5.78 Å². The average molecular weight is 359 g/mol. The highest BCUT2D eigenvalue weighted by molar-refractivity contribution is 5.92. The molecule has 3 saturated carbocycles. The molecule has 1 heterocycles. The molecule has 0 aromatic heterocycles. The van der Waals surface area contributed by atoms with Crippen LogP contribution in [0.5, 0.6) is 0 Å². The van der Waals surface area contributed by atoms with Crippen LogP contribution in [0, 0.1) is 34.0 Å². The lowest BCUT2D eigenvalue weighted by Crippen LogP contribution is -2.52. The first-order chi connectivity index (χ1) is 12.2. The van der Waals surface area contributed by atoms with E-state index in [1.165, 1.54) is 12.8 Å². The Balaban J connectivity index is 1.48. The Morgan fingerprint density at radius 3 is 2.42 bits per heavy atom. The standard InChI is InChI=1S/C23H34O3/c1-20(2)14-18-16-6-5-15-13-23(25-11-12-26-23)10-9-21(15,3)17(16)7-8-22(18,4)19(20)24/h5,16-18H,6-14H2,1-4H3/t16-,17+,18+,21+,22+/m1/s1. The molecule has 0 radical (unpaired) electrons. The summed E-state index contributed by atoms with van der Waals surface area (Å²) in [6.45, 7) is 10.6. The number of carbonyl (C=O) groups is 1. The maximum Gasteiger partial charge on any atom is 0.172 e. The predicted octanol–water partition coefficient (Wildman–Crippen LogP) is 4.90. The van der Waals surface area contributed by atoms with Gasteiger partial charge in [-0.05, 0) is 55.3 Å². The second kappa shape index (κ2) is 5.23. The molecule has 0 N–H and O–H groups in total. The third-order valence-corrected chi connectivity index (χ3v) is 9.18. The Kier molecular flexibility index (Phi) is 3.50. The molecule has 5 atom stereocenters. The molecule has 5 rings (SSSR count). The third kappa shape index (κ3) is 2.11. The maximum atomic E-state index is 13.1. The number of hydrogen-bond acceptors (Lipinski definition) is 3. The molecule has 4 aliphatic carbocycles. The van der Waals surface area contributed by atoms with Gasteiger partial charge in [-0.3, -0.25) is 4.79 Å². The van der Waals surface area contributed by atoms with Crippen molar-refractivity contribution in [3.63, 3.8) is 0 Å². The molecule has 1 spiro atoms. The van der Waals surface area contributed by atoms with Crippen LogP contribution >= 0.6 is 0 Å². The monoisotopic (exact) mass is 358 g/mol. The second-order valence-corrected chi connectivity index (χ2v) is 10.9. The number of rotatable bonds is 0. The number of allylic oxidation sites excluding steroid dienone is 1. The molecule has 0 unspecified atom stereocenters. The molecule has 3 heteroatoms. The molecule has 0 amide bonds. The van der Waals surface area contributed by atoms with E-state index in [1.807, 2.05) is 0 Å². The molecule has 0 bridgehead atoms. The Bertz CT molecular complexity index is 671. The number of fused-ring (bicyclic) bond motifs is 5. The minimum absolute atomic E-state index is 0.0834. The largest absolute Gasteiger partial charge is 0.347 e. The number of ketones is 1. The molecule has 3 nitrogen and oxygen atoms in total. The zero-order valence-corrected chi connectivity index (χ0v) is 16.9. The Morgan fingerprint density at radius 1 is 0.962 bits per heavy atom. The van der Waals surface area contributed by atoms with Crippen molar-refractivity contribution < 1.29 is 14.3 Å². The zero-order chi connectivity index (χ0) is 18.4. The van der Waals surface area contributed by atoms with Crippen LogP contribution in [0.3, 0.4) is 0 Å². The molecular formula is C23H34O3. The molecule has 144 valence electrons. The van der Waals surface area contributed by atoms with Gasteiger partial charge in [-0.2, -0.15) is 0 Å². The fraction of sp³-hybridized carbons (Fsp3) is 0.870. The molecular weight excluding hydrogens is 324 g/mol. The van der Waals surface area contributed by atoms with Crippen LogP contribution in [0.1, 0.15) is 72.6 Å². The highest BCUT2D eigenvalue weighted by Gasteiger charge is 2.63. The lowest BCUT2D eigenvalue weighted by Gasteiger charge is -2.57. The van der Waals surface area contributed by atoms with Gasteiger partial charge in [0.1, 0.15) is 5.78 Å². The lowest BCUT2D eigenvalue weighted by molar-refractivity contribution is -0.185. The summed E-state index contributed by atoms with van der Waals surface area (Å²) in [6.07, 6.45) is 10.2. The minimum atomic E-state index is -0.327. The van der Waals surface area contributed by atoms with Crippen LogP contribution in [0.4, 0.5) is 0 Å². The molecule has 1 aliphatic heterocycles. The van der Waals surface area contributed by atoms with Gasteiger partial charge in [0, 0.05) is 23.7 Å². The topological polar surface area (TPSA) is 35.5 Å². The molecule has 4 fully saturated rings. The van der Waals surface area contributed by atoms with Crippen molar-refractivity contribution in [3.05, 3.63) is 11.6 Å². The summed E-state index contributed by atoms with van der Waals surface area (Å²) in [6, 6.07) is 0. The number of ether oxygens (including phenoxy) is 2.